The predicted octanol–water partition coefficient (Wildman–Crippen LogP) is 3.17. The third-order valence-electron chi connectivity index (χ3n) is 6.07. The smallest absolute Gasteiger partial charge is 0.130 e. The van der Waals surface area contributed by atoms with Gasteiger partial charge in [0.15, 0.2) is 0 Å². The summed E-state index contributed by atoms with van der Waals surface area (Å²) in [5.74, 6) is 5.99. The van der Waals surface area contributed by atoms with E-state index in [1.165, 1.54) is 32.1 Å². The number of hydrogen-bond acceptors (Lipinski definition) is 3. The van der Waals surface area contributed by atoms with Crippen LogP contribution in [0.3, 0.4) is 0 Å². The predicted molar refractivity (Wildman–Crippen MR) is 82.5 cm³/mol. The summed E-state index contributed by atoms with van der Waals surface area (Å²) in [6.07, 6.45) is 9.34. The zero-order chi connectivity index (χ0) is 13.7. The molecule has 3 nitrogen and oxygen atoms in total. The van der Waals surface area contributed by atoms with E-state index in [1.54, 1.807) is 0 Å². The molecule has 1 aromatic rings. The molecule has 108 valence electrons. The van der Waals surface area contributed by atoms with Crippen molar-refractivity contribution in [2.75, 3.05) is 24.2 Å². The van der Waals surface area contributed by atoms with Crippen LogP contribution in [0, 0.1) is 29.6 Å². The van der Waals surface area contributed by atoms with E-state index in [-0.39, 0.29) is 0 Å². The monoisotopic (exact) mass is 271 g/mol. The molecule has 1 heterocycles. The number of pyridine rings is 1. The summed E-state index contributed by atoms with van der Waals surface area (Å²) in [4.78, 5) is 6.79. The highest BCUT2D eigenvalue weighted by Crippen LogP contribution is 2.56. The summed E-state index contributed by atoms with van der Waals surface area (Å²) in [5.41, 5.74) is 6.69. The molecule has 4 saturated carbocycles. The Morgan fingerprint density at radius 1 is 1.15 bits per heavy atom. The average Bonchev–Trinajstić information content (AvgIpc) is 2.42. The van der Waals surface area contributed by atoms with E-state index in [2.05, 4.69) is 16.9 Å². The Balaban J connectivity index is 1.49. The van der Waals surface area contributed by atoms with Crippen LogP contribution in [-0.4, -0.2) is 18.6 Å². The van der Waals surface area contributed by atoms with Crippen molar-refractivity contribution in [3.05, 3.63) is 18.3 Å². The van der Waals surface area contributed by atoms with Crippen LogP contribution in [0.25, 0.3) is 0 Å². The lowest BCUT2D eigenvalue weighted by atomic mass is 9.52. The van der Waals surface area contributed by atoms with Crippen molar-refractivity contribution in [1.29, 1.82) is 0 Å². The van der Waals surface area contributed by atoms with Crippen LogP contribution in [0.1, 0.15) is 32.1 Å². The van der Waals surface area contributed by atoms with Gasteiger partial charge in [0.25, 0.3) is 0 Å². The first-order valence-corrected chi connectivity index (χ1v) is 8.11. The largest absolute Gasteiger partial charge is 0.399 e. The number of rotatable bonds is 3. The Bertz CT molecular complexity index is 471. The Kier molecular flexibility index (Phi) is 2.90. The number of hydrogen-bond donors (Lipinski definition) is 1. The highest BCUT2D eigenvalue weighted by Gasteiger charge is 2.48. The van der Waals surface area contributed by atoms with Gasteiger partial charge in [-0.15, -0.1) is 0 Å². The molecule has 0 unspecified atom stereocenters. The van der Waals surface area contributed by atoms with Gasteiger partial charge in [-0.2, -0.15) is 0 Å². The molecule has 4 aliphatic carbocycles. The van der Waals surface area contributed by atoms with Crippen molar-refractivity contribution in [3.63, 3.8) is 0 Å². The molecule has 0 aliphatic heterocycles. The lowest BCUT2D eigenvalue weighted by Gasteiger charge is -2.55. The quantitative estimate of drug-likeness (QED) is 0.918. The second kappa shape index (κ2) is 4.64. The fourth-order valence-corrected chi connectivity index (χ4v) is 5.39. The van der Waals surface area contributed by atoms with Crippen LogP contribution in [-0.2, 0) is 0 Å². The zero-order valence-corrected chi connectivity index (χ0v) is 12.3. The van der Waals surface area contributed by atoms with Gasteiger partial charge in [0.2, 0.25) is 0 Å². The summed E-state index contributed by atoms with van der Waals surface area (Å²) < 4.78 is 0. The minimum Gasteiger partial charge on any atom is -0.399 e. The second-order valence-electron chi connectivity index (χ2n) is 7.42. The number of anilines is 2. The number of nitrogens with zero attached hydrogens (tertiary/aromatic N) is 2. The first kappa shape index (κ1) is 12.5. The minimum atomic E-state index is 0.812. The third-order valence-corrected chi connectivity index (χ3v) is 6.07. The molecule has 0 aromatic carbocycles. The Morgan fingerprint density at radius 3 is 2.40 bits per heavy atom. The van der Waals surface area contributed by atoms with E-state index < -0.39 is 0 Å². The molecule has 0 saturated heterocycles. The van der Waals surface area contributed by atoms with E-state index >= 15 is 0 Å². The van der Waals surface area contributed by atoms with Crippen molar-refractivity contribution >= 4 is 11.5 Å². The summed E-state index contributed by atoms with van der Waals surface area (Å²) in [6, 6.07) is 3.86. The molecule has 0 spiro atoms. The zero-order valence-electron chi connectivity index (χ0n) is 12.3. The highest BCUT2D eigenvalue weighted by atomic mass is 15.2. The van der Waals surface area contributed by atoms with Crippen LogP contribution in [0.15, 0.2) is 18.3 Å². The van der Waals surface area contributed by atoms with Gasteiger partial charge < -0.3 is 10.6 Å². The molecular weight excluding hydrogens is 246 g/mol. The maximum Gasteiger partial charge on any atom is 0.130 e. The molecule has 4 aliphatic rings. The van der Waals surface area contributed by atoms with Crippen molar-refractivity contribution in [3.8, 4) is 0 Å². The van der Waals surface area contributed by atoms with E-state index in [4.69, 9.17) is 5.73 Å². The summed E-state index contributed by atoms with van der Waals surface area (Å²) in [6.45, 7) is 1.16. The Hall–Kier alpha value is -1.25. The minimum absolute atomic E-state index is 0.812. The highest BCUT2D eigenvalue weighted by molar-refractivity contribution is 5.49. The van der Waals surface area contributed by atoms with E-state index in [0.29, 0.717) is 0 Å². The van der Waals surface area contributed by atoms with Gasteiger partial charge in [-0.3, -0.25) is 0 Å². The van der Waals surface area contributed by atoms with Gasteiger partial charge in [0, 0.05) is 31.5 Å². The molecule has 20 heavy (non-hydrogen) atoms. The molecule has 2 N–H and O–H groups in total. The van der Waals surface area contributed by atoms with Crippen molar-refractivity contribution in [2.45, 2.75) is 32.1 Å². The lowest BCUT2D eigenvalue weighted by Crippen LogP contribution is -2.48. The van der Waals surface area contributed by atoms with Gasteiger partial charge in [-0.05, 0) is 67.8 Å². The van der Waals surface area contributed by atoms with Crippen molar-refractivity contribution < 1.29 is 0 Å². The number of aromatic nitrogens is 1. The molecular formula is C17H25N3. The van der Waals surface area contributed by atoms with Crippen LogP contribution in [0.4, 0.5) is 11.5 Å². The van der Waals surface area contributed by atoms with E-state index in [9.17, 15) is 0 Å². The molecule has 5 rings (SSSR count). The maximum absolute atomic E-state index is 5.88. The molecule has 1 aromatic heterocycles. The van der Waals surface area contributed by atoms with Crippen LogP contribution in [0.2, 0.25) is 0 Å². The topological polar surface area (TPSA) is 42.1 Å². The van der Waals surface area contributed by atoms with Crippen LogP contribution >= 0.6 is 0 Å². The normalized spacial score (nSPS) is 38.1. The van der Waals surface area contributed by atoms with Crippen molar-refractivity contribution in [1.82, 2.24) is 4.98 Å². The van der Waals surface area contributed by atoms with Gasteiger partial charge in [-0.1, -0.05) is 0 Å². The van der Waals surface area contributed by atoms with Gasteiger partial charge in [-0.25, -0.2) is 4.98 Å². The lowest BCUT2D eigenvalue weighted by molar-refractivity contribution is -0.0325. The summed E-state index contributed by atoms with van der Waals surface area (Å²) in [5, 5.41) is 0. The second-order valence-corrected chi connectivity index (χ2v) is 7.42. The van der Waals surface area contributed by atoms with Crippen LogP contribution < -0.4 is 10.6 Å². The first-order chi connectivity index (χ1) is 9.69. The number of nitrogens with two attached hydrogens (primary N) is 1. The number of nitrogen functional groups attached to an aromatic ring is 1. The fourth-order valence-electron chi connectivity index (χ4n) is 5.39. The van der Waals surface area contributed by atoms with Gasteiger partial charge >= 0.3 is 0 Å². The molecule has 3 heteroatoms. The van der Waals surface area contributed by atoms with E-state index in [0.717, 1.165) is 47.6 Å². The molecule has 4 fully saturated rings. The molecule has 0 atom stereocenters. The SMILES string of the molecule is CN(CC1C2CC3CC(C2)CC1C3)c1cc(N)ccn1. The fraction of sp³-hybridized carbons (Fsp3) is 0.706. The third kappa shape index (κ3) is 2.07. The van der Waals surface area contributed by atoms with Gasteiger partial charge in [0.1, 0.15) is 5.82 Å². The first-order valence-electron chi connectivity index (χ1n) is 8.11. The summed E-state index contributed by atoms with van der Waals surface area (Å²) in [7, 11) is 2.17. The van der Waals surface area contributed by atoms with Crippen molar-refractivity contribution in [2.24, 2.45) is 29.6 Å². The standard InChI is InChI=1S/C17H25N3/c1-20(17-9-15(18)2-3-19-17)10-16-13-5-11-4-12(7-13)8-14(16)6-11/h2-3,9,11-14,16H,4-8,10H2,1H3,(H2,18,19). The Labute approximate surface area is 121 Å². The molecule has 0 radical (unpaired) electrons. The summed E-state index contributed by atoms with van der Waals surface area (Å²) >= 11 is 0. The maximum atomic E-state index is 5.88. The average molecular weight is 271 g/mol. The van der Waals surface area contributed by atoms with Gasteiger partial charge in [0.05, 0.1) is 0 Å². The molecule has 4 bridgehead atoms. The Morgan fingerprint density at radius 2 is 1.80 bits per heavy atom. The van der Waals surface area contributed by atoms with E-state index in [1.807, 2.05) is 18.3 Å². The van der Waals surface area contributed by atoms with Crippen LogP contribution in [0.5, 0.6) is 0 Å². The molecule has 0 amide bonds.